The Morgan fingerprint density at radius 2 is 1.78 bits per heavy atom. The van der Waals surface area contributed by atoms with Crippen LogP contribution in [-0.2, 0) is 6.54 Å². The lowest BCUT2D eigenvalue weighted by molar-refractivity contribution is 1.07. The van der Waals surface area contributed by atoms with Crippen molar-refractivity contribution >= 4 is 10.9 Å². The molecule has 2 nitrogen and oxygen atoms in total. The minimum atomic E-state index is 0.519. The van der Waals surface area contributed by atoms with E-state index >= 15 is 0 Å². The summed E-state index contributed by atoms with van der Waals surface area (Å²) < 4.78 is 0. The number of rotatable bonds is 2. The molecule has 2 N–H and O–H groups in total. The quantitative estimate of drug-likeness (QED) is 0.738. The second-order valence-corrected chi connectivity index (χ2v) is 4.16. The Bertz CT molecular complexity index is 689. The maximum atomic E-state index is 5.76. The van der Waals surface area contributed by atoms with Gasteiger partial charge >= 0.3 is 0 Å². The molecule has 0 spiro atoms. The van der Waals surface area contributed by atoms with E-state index in [9.17, 15) is 0 Å². The van der Waals surface area contributed by atoms with Crippen molar-refractivity contribution in [3.8, 4) is 11.3 Å². The minimum Gasteiger partial charge on any atom is -0.326 e. The van der Waals surface area contributed by atoms with Gasteiger partial charge in [0.05, 0.1) is 11.2 Å². The highest BCUT2D eigenvalue weighted by atomic mass is 14.7. The number of hydrogen-bond donors (Lipinski definition) is 1. The maximum Gasteiger partial charge on any atom is 0.0719 e. The summed E-state index contributed by atoms with van der Waals surface area (Å²) in [6.07, 6.45) is 0. The molecule has 2 heteroatoms. The van der Waals surface area contributed by atoms with Crippen molar-refractivity contribution in [2.24, 2.45) is 5.73 Å². The van der Waals surface area contributed by atoms with Gasteiger partial charge in [0.15, 0.2) is 0 Å². The fourth-order valence-corrected chi connectivity index (χ4v) is 2.09. The zero-order valence-corrected chi connectivity index (χ0v) is 9.93. The Labute approximate surface area is 106 Å². The third-order valence-corrected chi connectivity index (χ3v) is 3.02. The first-order chi connectivity index (χ1) is 8.88. The normalized spacial score (nSPS) is 10.7. The zero-order valence-electron chi connectivity index (χ0n) is 9.93. The SMILES string of the molecule is NCc1ccccc1-c1c[c]c2ccccc2n1. The average Bonchev–Trinajstić information content (AvgIpc) is 2.46. The molecule has 0 amide bonds. The van der Waals surface area contributed by atoms with E-state index in [0.29, 0.717) is 6.54 Å². The number of hydrogen-bond acceptors (Lipinski definition) is 2. The summed E-state index contributed by atoms with van der Waals surface area (Å²) in [4.78, 5) is 4.67. The lowest BCUT2D eigenvalue weighted by atomic mass is 10.0. The van der Waals surface area contributed by atoms with Gasteiger partial charge in [0.25, 0.3) is 0 Å². The third-order valence-electron chi connectivity index (χ3n) is 3.02. The molecule has 3 aromatic rings. The fourth-order valence-electron chi connectivity index (χ4n) is 2.09. The number of fused-ring (bicyclic) bond motifs is 1. The zero-order chi connectivity index (χ0) is 12.4. The lowest BCUT2D eigenvalue weighted by Gasteiger charge is -2.07. The van der Waals surface area contributed by atoms with Gasteiger partial charge < -0.3 is 5.73 Å². The Morgan fingerprint density at radius 1 is 1.00 bits per heavy atom. The van der Waals surface area contributed by atoms with Crippen LogP contribution in [0.25, 0.3) is 22.2 Å². The molecular weight excluding hydrogens is 220 g/mol. The van der Waals surface area contributed by atoms with E-state index < -0.39 is 0 Å². The maximum absolute atomic E-state index is 5.76. The molecule has 1 aromatic heterocycles. The molecule has 87 valence electrons. The Balaban J connectivity index is 2.19. The molecule has 18 heavy (non-hydrogen) atoms. The minimum absolute atomic E-state index is 0.519. The van der Waals surface area contributed by atoms with E-state index in [1.807, 2.05) is 54.6 Å². The highest BCUT2D eigenvalue weighted by molar-refractivity contribution is 5.81. The van der Waals surface area contributed by atoms with Gasteiger partial charge in [-0.3, -0.25) is 0 Å². The van der Waals surface area contributed by atoms with Crippen molar-refractivity contribution < 1.29 is 0 Å². The van der Waals surface area contributed by atoms with E-state index in [2.05, 4.69) is 11.1 Å². The first kappa shape index (κ1) is 10.9. The number of nitrogens with two attached hydrogens (primary N) is 1. The fraction of sp³-hybridized carbons (Fsp3) is 0.0625. The monoisotopic (exact) mass is 233 g/mol. The predicted octanol–water partition coefficient (Wildman–Crippen LogP) is 3.16. The van der Waals surface area contributed by atoms with Crippen molar-refractivity contribution in [1.29, 1.82) is 0 Å². The van der Waals surface area contributed by atoms with Gasteiger partial charge in [-0.1, -0.05) is 42.5 Å². The van der Waals surface area contributed by atoms with Crippen LogP contribution in [0.4, 0.5) is 0 Å². The average molecular weight is 233 g/mol. The number of nitrogens with zero attached hydrogens (tertiary/aromatic N) is 1. The molecule has 0 saturated heterocycles. The van der Waals surface area contributed by atoms with Crippen molar-refractivity contribution in [3.05, 3.63) is 66.2 Å². The Hall–Kier alpha value is -2.19. The van der Waals surface area contributed by atoms with Crippen LogP contribution in [-0.4, -0.2) is 4.98 Å². The van der Waals surface area contributed by atoms with Crippen LogP contribution in [0.1, 0.15) is 5.56 Å². The van der Waals surface area contributed by atoms with Crippen LogP contribution < -0.4 is 5.73 Å². The molecule has 0 aliphatic rings. The smallest absolute Gasteiger partial charge is 0.0719 e. The van der Waals surface area contributed by atoms with Crippen LogP contribution in [0.2, 0.25) is 0 Å². The van der Waals surface area contributed by atoms with E-state index in [0.717, 1.165) is 27.7 Å². The summed E-state index contributed by atoms with van der Waals surface area (Å²) >= 11 is 0. The molecule has 1 radical (unpaired) electrons. The molecular formula is C16H13N2. The van der Waals surface area contributed by atoms with Crippen molar-refractivity contribution in [3.63, 3.8) is 0 Å². The van der Waals surface area contributed by atoms with Crippen LogP contribution in [0.3, 0.4) is 0 Å². The Morgan fingerprint density at radius 3 is 2.67 bits per heavy atom. The number of benzene rings is 2. The summed E-state index contributed by atoms with van der Waals surface area (Å²) in [6, 6.07) is 21.3. The summed E-state index contributed by atoms with van der Waals surface area (Å²) in [5.41, 5.74) is 9.84. The van der Waals surface area contributed by atoms with Gasteiger partial charge in [0.2, 0.25) is 0 Å². The molecule has 0 saturated carbocycles. The summed E-state index contributed by atoms with van der Waals surface area (Å²) in [6.45, 7) is 0.519. The van der Waals surface area contributed by atoms with Gasteiger partial charge in [0, 0.05) is 17.5 Å². The van der Waals surface area contributed by atoms with Crippen molar-refractivity contribution in [1.82, 2.24) is 4.98 Å². The first-order valence-corrected chi connectivity index (χ1v) is 5.94. The van der Waals surface area contributed by atoms with E-state index in [4.69, 9.17) is 5.73 Å². The second-order valence-electron chi connectivity index (χ2n) is 4.16. The number of pyridine rings is 1. The Kier molecular flexibility index (Phi) is 2.79. The molecule has 0 fully saturated rings. The third kappa shape index (κ3) is 1.87. The van der Waals surface area contributed by atoms with Crippen LogP contribution in [0.5, 0.6) is 0 Å². The van der Waals surface area contributed by atoms with Crippen LogP contribution in [0.15, 0.2) is 54.6 Å². The molecule has 0 atom stereocenters. The largest absolute Gasteiger partial charge is 0.326 e. The molecule has 2 aromatic carbocycles. The highest BCUT2D eigenvalue weighted by Gasteiger charge is 2.05. The molecule has 3 rings (SSSR count). The van der Waals surface area contributed by atoms with Crippen LogP contribution in [0, 0.1) is 6.07 Å². The number of aromatic nitrogens is 1. The number of para-hydroxylation sites is 1. The summed E-state index contributed by atoms with van der Waals surface area (Å²) in [5.74, 6) is 0. The summed E-state index contributed by atoms with van der Waals surface area (Å²) in [7, 11) is 0. The lowest BCUT2D eigenvalue weighted by Crippen LogP contribution is -1.99. The standard InChI is InChI=1S/C16H13N2/c17-11-13-6-1-3-7-14(13)16-10-9-12-5-2-4-8-15(12)18-16/h1-8,10H,11,17H2. The van der Waals surface area contributed by atoms with Crippen molar-refractivity contribution in [2.75, 3.05) is 0 Å². The van der Waals surface area contributed by atoms with Crippen molar-refractivity contribution in [2.45, 2.75) is 6.54 Å². The molecule has 0 aliphatic carbocycles. The van der Waals surface area contributed by atoms with Crippen LogP contribution >= 0.6 is 0 Å². The van der Waals surface area contributed by atoms with Gasteiger partial charge in [-0.15, -0.1) is 0 Å². The van der Waals surface area contributed by atoms with E-state index in [1.165, 1.54) is 0 Å². The van der Waals surface area contributed by atoms with E-state index in [-0.39, 0.29) is 0 Å². The summed E-state index contributed by atoms with van der Waals surface area (Å²) in [5, 5.41) is 1.03. The molecule has 1 heterocycles. The molecule has 0 unspecified atom stereocenters. The van der Waals surface area contributed by atoms with Gasteiger partial charge in [-0.05, 0) is 23.8 Å². The topological polar surface area (TPSA) is 38.9 Å². The van der Waals surface area contributed by atoms with Gasteiger partial charge in [-0.25, -0.2) is 4.98 Å². The predicted molar refractivity (Wildman–Crippen MR) is 73.9 cm³/mol. The first-order valence-electron chi connectivity index (χ1n) is 5.94. The highest BCUT2D eigenvalue weighted by Crippen LogP contribution is 2.23. The van der Waals surface area contributed by atoms with E-state index in [1.54, 1.807) is 0 Å². The second kappa shape index (κ2) is 4.59. The molecule has 0 bridgehead atoms. The van der Waals surface area contributed by atoms with Gasteiger partial charge in [0.1, 0.15) is 0 Å². The molecule has 0 aliphatic heterocycles. The van der Waals surface area contributed by atoms with Gasteiger partial charge in [-0.2, -0.15) is 0 Å².